The Hall–Kier alpha value is -2.60. The van der Waals surface area contributed by atoms with Crippen molar-refractivity contribution < 1.29 is 9.59 Å². The van der Waals surface area contributed by atoms with Crippen molar-refractivity contribution in [3.63, 3.8) is 0 Å². The van der Waals surface area contributed by atoms with Gasteiger partial charge in [-0.05, 0) is 41.6 Å². The number of fused-ring (bicyclic) bond motifs is 1. The first-order chi connectivity index (χ1) is 12.0. The van der Waals surface area contributed by atoms with Gasteiger partial charge in [-0.15, -0.1) is 11.3 Å². The molecule has 0 bridgehead atoms. The molecule has 0 unspecified atom stereocenters. The van der Waals surface area contributed by atoms with Gasteiger partial charge in [0.15, 0.2) is 0 Å². The molecule has 130 valence electrons. The molecular weight excluding hydrogens is 334 g/mol. The fourth-order valence-corrected chi connectivity index (χ4v) is 3.25. The lowest BCUT2D eigenvalue weighted by molar-refractivity contribution is 0.0940. The SMILES string of the molecule is CC(C)CNC(=O)c1cc2cc(NC(=O)c3cccs3)ccc2n1C. The first-order valence-corrected chi connectivity index (χ1v) is 9.06. The number of thiophene rings is 1. The maximum Gasteiger partial charge on any atom is 0.267 e. The highest BCUT2D eigenvalue weighted by Crippen LogP contribution is 2.23. The number of benzene rings is 1. The highest BCUT2D eigenvalue weighted by atomic mass is 32.1. The molecule has 0 spiro atoms. The van der Waals surface area contributed by atoms with Crippen molar-refractivity contribution in [2.45, 2.75) is 13.8 Å². The quantitative estimate of drug-likeness (QED) is 0.729. The number of nitrogens with zero attached hydrogens (tertiary/aromatic N) is 1. The summed E-state index contributed by atoms with van der Waals surface area (Å²) in [6.45, 7) is 4.76. The van der Waals surface area contributed by atoms with Gasteiger partial charge in [-0.3, -0.25) is 9.59 Å². The zero-order chi connectivity index (χ0) is 18.0. The van der Waals surface area contributed by atoms with E-state index in [0.717, 1.165) is 10.9 Å². The van der Waals surface area contributed by atoms with Gasteiger partial charge in [0.25, 0.3) is 11.8 Å². The Bertz CT molecular complexity index is 910. The van der Waals surface area contributed by atoms with Gasteiger partial charge in [-0.25, -0.2) is 0 Å². The molecule has 0 aliphatic heterocycles. The lowest BCUT2D eigenvalue weighted by Crippen LogP contribution is -2.28. The van der Waals surface area contributed by atoms with E-state index in [9.17, 15) is 9.59 Å². The van der Waals surface area contributed by atoms with Gasteiger partial charge in [-0.1, -0.05) is 19.9 Å². The van der Waals surface area contributed by atoms with E-state index in [0.29, 0.717) is 28.7 Å². The van der Waals surface area contributed by atoms with Gasteiger partial charge in [0.1, 0.15) is 5.69 Å². The normalized spacial score (nSPS) is 11.0. The molecule has 2 heterocycles. The minimum Gasteiger partial charge on any atom is -0.351 e. The topological polar surface area (TPSA) is 63.1 Å². The average Bonchev–Trinajstić information content (AvgIpc) is 3.21. The Kier molecular flexibility index (Phi) is 4.90. The fourth-order valence-electron chi connectivity index (χ4n) is 2.63. The van der Waals surface area contributed by atoms with Crippen molar-refractivity contribution in [1.82, 2.24) is 9.88 Å². The standard InChI is InChI=1S/C19H21N3O2S/c1-12(2)11-20-18(23)16-10-13-9-14(6-7-15(13)22(16)3)21-19(24)17-5-4-8-25-17/h4-10,12H,11H2,1-3H3,(H,20,23)(H,21,24). The Balaban J connectivity index is 1.83. The van der Waals surface area contributed by atoms with E-state index >= 15 is 0 Å². The molecule has 0 saturated carbocycles. The monoisotopic (exact) mass is 355 g/mol. The summed E-state index contributed by atoms with van der Waals surface area (Å²) in [7, 11) is 1.87. The Labute approximate surface area is 150 Å². The fraction of sp³-hybridized carbons (Fsp3) is 0.263. The zero-order valence-electron chi connectivity index (χ0n) is 14.5. The van der Waals surface area contributed by atoms with Crippen LogP contribution in [0, 0.1) is 5.92 Å². The summed E-state index contributed by atoms with van der Waals surface area (Å²) in [5.41, 5.74) is 2.27. The number of carbonyl (C=O) groups is 2. The van der Waals surface area contributed by atoms with Gasteiger partial charge in [0, 0.05) is 30.2 Å². The smallest absolute Gasteiger partial charge is 0.267 e. The maximum atomic E-state index is 12.4. The van der Waals surface area contributed by atoms with Gasteiger partial charge in [0.05, 0.1) is 4.88 Å². The Morgan fingerprint density at radius 1 is 1.16 bits per heavy atom. The zero-order valence-corrected chi connectivity index (χ0v) is 15.3. The number of hydrogen-bond donors (Lipinski definition) is 2. The molecule has 6 heteroatoms. The molecule has 0 atom stereocenters. The maximum absolute atomic E-state index is 12.4. The molecule has 5 nitrogen and oxygen atoms in total. The second-order valence-electron chi connectivity index (χ2n) is 6.40. The van der Waals surface area contributed by atoms with E-state index in [1.165, 1.54) is 11.3 Å². The van der Waals surface area contributed by atoms with Crippen LogP contribution in [0.15, 0.2) is 41.8 Å². The lowest BCUT2D eigenvalue weighted by atomic mass is 10.2. The Morgan fingerprint density at radius 3 is 2.64 bits per heavy atom. The lowest BCUT2D eigenvalue weighted by Gasteiger charge is -2.08. The van der Waals surface area contributed by atoms with Crippen molar-refractivity contribution in [1.29, 1.82) is 0 Å². The van der Waals surface area contributed by atoms with Crippen molar-refractivity contribution in [2.75, 3.05) is 11.9 Å². The van der Waals surface area contributed by atoms with E-state index in [2.05, 4.69) is 24.5 Å². The molecule has 0 aliphatic rings. The second kappa shape index (κ2) is 7.11. The van der Waals surface area contributed by atoms with Crippen LogP contribution in [0.5, 0.6) is 0 Å². The molecule has 2 N–H and O–H groups in total. The van der Waals surface area contributed by atoms with Crippen molar-refractivity contribution in [3.8, 4) is 0 Å². The number of nitrogens with one attached hydrogen (secondary N) is 2. The van der Waals surface area contributed by atoms with Crippen LogP contribution in [0.2, 0.25) is 0 Å². The van der Waals surface area contributed by atoms with Crippen LogP contribution < -0.4 is 10.6 Å². The van der Waals surface area contributed by atoms with Gasteiger partial charge in [-0.2, -0.15) is 0 Å². The number of aromatic nitrogens is 1. The van der Waals surface area contributed by atoms with Crippen LogP contribution in [-0.2, 0) is 7.05 Å². The van der Waals surface area contributed by atoms with Crippen molar-refractivity contribution in [2.24, 2.45) is 13.0 Å². The van der Waals surface area contributed by atoms with Crippen LogP contribution >= 0.6 is 11.3 Å². The Morgan fingerprint density at radius 2 is 1.96 bits per heavy atom. The van der Waals surface area contributed by atoms with Gasteiger partial charge < -0.3 is 15.2 Å². The highest BCUT2D eigenvalue weighted by molar-refractivity contribution is 7.12. The minimum atomic E-state index is -0.125. The molecule has 0 saturated heterocycles. The second-order valence-corrected chi connectivity index (χ2v) is 7.35. The summed E-state index contributed by atoms with van der Waals surface area (Å²) in [6.07, 6.45) is 0. The number of aryl methyl sites for hydroxylation is 1. The number of anilines is 1. The van der Waals surface area contributed by atoms with Crippen LogP contribution in [0.3, 0.4) is 0 Å². The van der Waals surface area contributed by atoms with E-state index in [-0.39, 0.29) is 11.8 Å². The molecule has 2 amide bonds. The third kappa shape index (κ3) is 3.74. The van der Waals surface area contributed by atoms with Gasteiger partial charge >= 0.3 is 0 Å². The molecule has 0 fully saturated rings. The number of amides is 2. The van der Waals surface area contributed by atoms with E-state index in [1.807, 2.05) is 47.3 Å². The summed E-state index contributed by atoms with van der Waals surface area (Å²) < 4.78 is 1.87. The summed E-state index contributed by atoms with van der Waals surface area (Å²) in [5, 5.41) is 8.62. The van der Waals surface area contributed by atoms with E-state index < -0.39 is 0 Å². The minimum absolute atomic E-state index is 0.0865. The summed E-state index contributed by atoms with van der Waals surface area (Å²) in [4.78, 5) is 25.2. The average molecular weight is 355 g/mol. The van der Waals surface area contributed by atoms with Crippen LogP contribution in [-0.4, -0.2) is 22.9 Å². The third-order valence-corrected chi connectivity index (χ3v) is 4.82. The molecule has 1 aromatic carbocycles. The molecular formula is C19H21N3O2S. The van der Waals surface area contributed by atoms with Crippen molar-refractivity contribution in [3.05, 3.63) is 52.3 Å². The predicted octanol–water partition coefficient (Wildman–Crippen LogP) is 3.88. The van der Waals surface area contributed by atoms with Crippen molar-refractivity contribution >= 4 is 39.7 Å². The van der Waals surface area contributed by atoms with Crippen LogP contribution in [0.1, 0.15) is 34.0 Å². The predicted molar refractivity (Wildman–Crippen MR) is 102 cm³/mol. The molecule has 25 heavy (non-hydrogen) atoms. The highest BCUT2D eigenvalue weighted by Gasteiger charge is 2.14. The molecule has 2 aromatic heterocycles. The van der Waals surface area contributed by atoms with E-state index in [1.54, 1.807) is 6.07 Å². The van der Waals surface area contributed by atoms with Crippen LogP contribution in [0.4, 0.5) is 5.69 Å². The van der Waals surface area contributed by atoms with Gasteiger partial charge in [0.2, 0.25) is 0 Å². The number of carbonyl (C=O) groups excluding carboxylic acids is 2. The summed E-state index contributed by atoms with van der Waals surface area (Å²) >= 11 is 1.40. The number of rotatable bonds is 5. The molecule has 3 aromatic rings. The third-order valence-electron chi connectivity index (χ3n) is 3.95. The summed E-state index contributed by atoms with van der Waals surface area (Å²) in [6, 6.07) is 11.1. The largest absolute Gasteiger partial charge is 0.351 e. The molecule has 0 radical (unpaired) electrons. The first-order valence-electron chi connectivity index (χ1n) is 8.18. The molecule has 3 rings (SSSR count). The summed E-state index contributed by atoms with van der Waals surface area (Å²) in [5.74, 6) is 0.189. The first kappa shape index (κ1) is 17.2. The number of hydrogen-bond acceptors (Lipinski definition) is 3. The van der Waals surface area contributed by atoms with Crippen LogP contribution in [0.25, 0.3) is 10.9 Å². The molecule has 0 aliphatic carbocycles. The van der Waals surface area contributed by atoms with E-state index in [4.69, 9.17) is 0 Å².